The lowest BCUT2D eigenvalue weighted by molar-refractivity contribution is 0.599. The van der Waals surface area contributed by atoms with E-state index in [1.54, 1.807) is 20.8 Å². The summed E-state index contributed by atoms with van der Waals surface area (Å²) in [6, 6.07) is 0. The molecule has 0 amide bonds. The van der Waals surface area contributed by atoms with Gasteiger partial charge in [0.1, 0.15) is 4.90 Å². The molecule has 0 radical (unpaired) electrons. The lowest BCUT2D eigenvalue weighted by Crippen LogP contribution is -2.20. The SMILES string of the molecule is Cc1[nH]c(=O)c(S(C)(=O)=O)c(C)c1C. The first-order valence-corrected chi connectivity index (χ1v) is 6.04. The number of hydrogen-bond donors (Lipinski definition) is 1. The molecule has 0 unspecified atom stereocenters. The molecule has 1 aromatic heterocycles. The van der Waals surface area contributed by atoms with Crippen molar-refractivity contribution in [3.05, 3.63) is 27.2 Å². The van der Waals surface area contributed by atoms with Crippen molar-refractivity contribution < 1.29 is 8.42 Å². The first kappa shape index (κ1) is 11.0. The van der Waals surface area contributed by atoms with Crippen molar-refractivity contribution in [2.24, 2.45) is 0 Å². The summed E-state index contributed by atoms with van der Waals surface area (Å²) in [4.78, 5) is 13.8. The number of H-pyrrole nitrogens is 1. The van der Waals surface area contributed by atoms with Crippen LogP contribution >= 0.6 is 0 Å². The van der Waals surface area contributed by atoms with Gasteiger partial charge in [0.2, 0.25) is 0 Å². The van der Waals surface area contributed by atoms with E-state index >= 15 is 0 Å². The van der Waals surface area contributed by atoms with Crippen LogP contribution in [0, 0.1) is 20.8 Å². The molecular weight excluding hydrogens is 202 g/mol. The van der Waals surface area contributed by atoms with Gasteiger partial charge in [0.25, 0.3) is 5.56 Å². The third kappa shape index (κ3) is 1.72. The first-order chi connectivity index (χ1) is 6.25. The molecule has 1 rings (SSSR count). The maximum absolute atomic E-state index is 11.4. The van der Waals surface area contributed by atoms with E-state index in [2.05, 4.69) is 4.98 Å². The van der Waals surface area contributed by atoms with E-state index in [9.17, 15) is 13.2 Å². The minimum Gasteiger partial charge on any atom is -0.325 e. The molecule has 0 spiro atoms. The number of aryl methyl sites for hydroxylation is 1. The number of sulfone groups is 1. The van der Waals surface area contributed by atoms with Crippen LogP contribution in [0.25, 0.3) is 0 Å². The molecule has 0 saturated heterocycles. The molecule has 0 atom stereocenters. The van der Waals surface area contributed by atoms with E-state index in [1.165, 1.54) is 0 Å². The molecule has 1 aromatic rings. The third-order valence-electron chi connectivity index (χ3n) is 2.34. The summed E-state index contributed by atoms with van der Waals surface area (Å²) < 4.78 is 22.6. The maximum atomic E-state index is 11.4. The predicted molar refractivity (Wildman–Crippen MR) is 54.4 cm³/mol. The number of nitrogens with one attached hydrogen (secondary N) is 1. The Balaban J connectivity index is 3.80. The van der Waals surface area contributed by atoms with Gasteiger partial charge in [-0.2, -0.15) is 0 Å². The Morgan fingerprint density at radius 1 is 1.07 bits per heavy atom. The second-order valence-electron chi connectivity index (χ2n) is 3.43. The zero-order valence-corrected chi connectivity index (χ0v) is 9.45. The van der Waals surface area contributed by atoms with Gasteiger partial charge in [-0.15, -0.1) is 0 Å². The van der Waals surface area contributed by atoms with Crippen LogP contribution in [-0.4, -0.2) is 19.7 Å². The second-order valence-corrected chi connectivity index (χ2v) is 5.38. The molecule has 0 fully saturated rings. The molecule has 1 heterocycles. The van der Waals surface area contributed by atoms with Crippen LogP contribution in [0.5, 0.6) is 0 Å². The average molecular weight is 215 g/mol. The van der Waals surface area contributed by atoms with Gasteiger partial charge in [-0.3, -0.25) is 4.79 Å². The monoisotopic (exact) mass is 215 g/mol. The second kappa shape index (κ2) is 3.24. The van der Waals surface area contributed by atoms with Crippen LogP contribution in [0.3, 0.4) is 0 Å². The molecule has 0 aliphatic carbocycles. The Bertz CT molecular complexity index is 526. The molecule has 0 saturated carbocycles. The summed E-state index contributed by atoms with van der Waals surface area (Å²) in [6.07, 6.45) is 1.04. The minimum absolute atomic E-state index is 0.124. The third-order valence-corrected chi connectivity index (χ3v) is 3.58. The molecule has 78 valence electrons. The van der Waals surface area contributed by atoms with E-state index in [4.69, 9.17) is 0 Å². The Morgan fingerprint density at radius 2 is 1.57 bits per heavy atom. The van der Waals surface area contributed by atoms with Crippen molar-refractivity contribution in [3.63, 3.8) is 0 Å². The van der Waals surface area contributed by atoms with Gasteiger partial charge in [0.05, 0.1) is 0 Å². The van der Waals surface area contributed by atoms with Gasteiger partial charge in [-0.25, -0.2) is 8.42 Å². The maximum Gasteiger partial charge on any atom is 0.267 e. The molecular formula is C9H13NO3S. The van der Waals surface area contributed by atoms with Crippen LogP contribution in [-0.2, 0) is 9.84 Å². The highest BCUT2D eigenvalue weighted by molar-refractivity contribution is 7.90. The van der Waals surface area contributed by atoms with Gasteiger partial charge in [0, 0.05) is 11.9 Å². The van der Waals surface area contributed by atoms with Crippen LogP contribution < -0.4 is 5.56 Å². The Morgan fingerprint density at radius 3 is 2.00 bits per heavy atom. The molecule has 0 aliphatic heterocycles. The molecule has 4 nitrogen and oxygen atoms in total. The van der Waals surface area contributed by atoms with Gasteiger partial charge in [-0.05, 0) is 31.9 Å². The molecule has 0 bridgehead atoms. The fourth-order valence-electron chi connectivity index (χ4n) is 1.39. The number of aromatic nitrogens is 1. The highest BCUT2D eigenvalue weighted by Gasteiger charge is 2.18. The number of rotatable bonds is 1. The van der Waals surface area contributed by atoms with E-state index < -0.39 is 15.4 Å². The average Bonchev–Trinajstić information content (AvgIpc) is 1.97. The van der Waals surface area contributed by atoms with Crippen molar-refractivity contribution in [2.45, 2.75) is 25.7 Å². The summed E-state index contributed by atoms with van der Waals surface area (Å²) in [5.74, 6) is 0. The highest BCUT2D eigenvalue weighted by Crippen LogP contribution is 2.15. The predicted octanol–water partition coefficient (Wildman–Crippen LogP) is 0.704. The minimum atomic E-state index is -3.45. The number of pyridine rings is 1. The van der Waals surface area contributed by atoms with Crippen LogP contribution in [0.4, 0.5) is 0 Å². The van der Waals surface area contributed by atoms with Crippen LogP contribution in [0.15, 0.2) is 9.69 Å². The molecule has 1 N–H and O–H groups in total. The summed E-state index contributed by atoms with van der Waals surface area (Å²) in [7, 11) is -3.45. The van der Waals surface area contributed by atoms with Crippen LogP contribution in [0.1, 0.15) is 16.8 Å². The van der Waals surface area contributed by atoms with Crippen molar-refractivity contribution >= 4 is 9.84 Å². The zero-order valence-electron chi connectivity index (χ0n) is 8.63. The van der Waals surface area contributed by atoms with Crippen molar-refractivity contribution in [1.82, 2.24) is 4.98 Å². The fourth-order valence-corrected chi connectivity index (χ4v) is 2.49. The zero-order chi connectivity index (χ0) is 11.1. The Labute approximate surface area is 82.9 Å². The number of aromatic amines is 1. The van der Waals surface area contributed by atoms with Crippen LogP contribution in [0.2, 0.25) is 0 Å². The normalized spacial score (nSPS) is 11.7. The quantitative estimate of drug-likeness (QED) is 0.750. The topological polar surface area (TPSA) is 67.0 Å². The summed E-state index contributed by atoms with van der Waals surface area (Å²) in [5, 5.41) is 0. The van der Waals surface area contributed by atoms with E-state index in [0.29, 0.717) is 11.3 Å². The first-order valence-electron chi connectivity index (χ1n) is 4.15. The standard InChI is InChI=1S/C9H13NO3S/c1-5-6(2)8(14(4,12)13)9(11)10-7(5)3/h1-4H3,(H,10,11). The van der Waals surface area contributed by atoms with Gasteiger partial charge >= 0.3 is 0 Å². The van der Waals surface area contributed by atoms with E-state index in [-0.39, 0.29) is 4.90 Å². The Hall–Kier alpha value is -1.10. The molecule has 0 aromatic carbocycles. The lowest BCUT2D eigenvalue weighted by atomic mass is 10.1. The largest absolute Gasteiger partial charge is 0.325 e. The summed E-state index contributed by atoms with van der Waals surface area (Å²) >= 11 is 0. The molecule has 0 aliphatic rings. The number of hydrogen-bond acceptors (Lipinski definition) is 3. The van der Waals surface area contributed by atoms with Crippen molar-refractivity contribution in [3.8, 4) is 0 Å². The highest BCUT2D eigenvalue weighted by atomic mass is 32.2. The Kier molecular flexibility index (Phi) is 2.54. The van der Waals surface area contributed by atoms with Crippen molar-refractivity contribution in [2.75, 3.05) is 6.26 Å². The fraction of sp³-hybridized carbons (Fsp3) is 0.444. The smallest absolute Gasteiger partial charge is 0.267 e. The summed E-state index contributed by atoms with van der Waals surface area (Å²) in [5.41, 5.74) is 1.52. The summed E-state index contributed by atoms with van der Waals surface area (Å²) in [6.45, 7) is 5.18. The van der Waals surface area contributed by atoms with Gasteiger partial charge < -0.3 is 4.98 Å². The van der Waals surface area contributed by atoms with E-state index in [0.717, 1.165) is 11.8 Å². The molecule has 5 heteroatoms. The lowest BCUT2D eigenvalue weighted by Gasteiger charge is -2.08. The van der Waals surface area contributed by atoms with E-state index in [1.807, 2.05) is 0 Å². The molecule has 14 heavy (non-hydrogen) atoms. The van der Waals surface area contributed by atoms with Gasteiger partial charge in [0.15, 0.2) is 9.84 Å². The van der Waals surface area contributed by atoms with Gasteiger partial charge in [-0.1, -0.05) is 0 Å². The van der Waals surface area contributed by atoms with Crippen molar-refractivity contribution in [1.29, 1.82) is 0 Å².